The van der Waals surface area contributed by atoms with E-state index in [2.05, 4.69) is 32.0 Å². The van der Waals surface area contributed by atoms with Gasteiger partial charge in [0.25, 0.3) is 0 Å². The van der Waals surface area contributed by atoms with Gasteiger partial charge in [-0.15, -0.1) is 0 Å². The molecule has 110 valence electrons. The van der Waals surface area contributed by atoms with E-state index in [1.54, 1.807) is 6.08 Å². The van der Waals surface area contributed by atoms with Crippen molar-refractivity contribution in [3.8, 4) is 0 Å². The van der Waals surface area contributed by atoms with Crippen molar-refractivity contribution in [2.45, 2.75) is 52.1 Å². The first-order chi connectivity index (χ1) is 9.29. The highest BCUT2D eigenvalue weighted by molar-refractivity contribution is 5.69. The average Bonchev–Trinajstić information content (AvgIpc) is 2.37. The molecule has 0 saturated heterocycles. The van der Waals surface area contributed by atoms with E-state index in [0.717, 1.165) is 16.7 Å². The fourth-order valence-corrected chi connectivity index (χ4v) is 2.78. The molecule has 0 saturated carbocycles. The van der Waals surface area contributed by atoms with Crippen molar-refractivity contribution in [2.24, 2.45) is 5.92 Å². The van der Waals surface area contributed by atoms with Crippen LogP contribution in [0.4, 0.5) is 13.2 Å². The molecule has 0 aromatic heterocycles. The zero-order valence-electron chi connectivity index (χ0n) is 12.2. The molecule has 1 aromatic carbocycles. The monoisotopic (exact) mass is 282 g/mol. The van der Waals surface area contributed by atoms with E-state index in [-0.39, 0.29) is 12.8 Å². The fraction of sp³-hybridized carbons (Fsp3) is 0.529. The van der Waals surface area contributed by atoms with Gasteiger partial charge in [-0.3, -0.25) is 0 Å². The summed E-state index contributed by atoms with van der Waals surface area (Å²) in [6.45, 7) is 6.32. The lowest BCUT2D eigenvalue weighted by molar-refractivity contribution is -0.175. The van der Waals surface area contributed by atoms with E-state index in [9.17, 15) is 13.2 Å². The number of alkyl halides is 3. The van der Waals surface area contributed by atoms with Crippen molar-refractivity contribution in [1.82, 2.24) is 0 Å². The van der Waals surface area contributed by atoms with Crippen LogP contribution in [0.25, 0.3) is 5.57 Å². The number of hydrogen-bond acceptors (Lipinski definition) is 0. The third-order valence-corrected chi connectivity index (χ3v) is 4.14. The van der Waals surface area contributed by atoms with Crippen molar-refractivity contribution < 1.29 is 13.2 Å². The summed E-state index contributed by atoms with van der Waals surface area (Å²) >= 11 is 0. The standard InChI is InChI=1S/C17H21F3/c1-11(2)14-6-9-16(12(3)10-14)13-4-7-15(8-5-13)17(18,19)20/h4,6,9-11,15H,5,7-8H2,1-3H3. The Morgan fingerprint density at radius 1 is 1.20 bits per heavy atom. The van der Waals surface area contributed by atoms with Crippen LogP contribution in [0, 0.1) is 12.8 Å². The lowest BCUT2D eigenvalue weighted by atomic mass is 9.84. The minimum absolute atomic E-state index is 0.115. The van der Waals surface area contributed by atoms with E-state index in [1.165, 1.54) is 5.56 Å². The zero-order valence-corrected chi connectivity index (χ0v) is 12.2. The second-order valence-corrected chi connectivity index (χ2v) is 5.97. The SMILES string of the molecule is Cc1cc(C(C)C)ccc1C1=CCC(C(F)(F)F)CC1. The van der Waals surface area contributed by atoms with Crippen molar-refractivity contribution in [3.05, 3.63) is 41.0 Å². The van der Waals surface area contributed by atoms with Crippen LogP contribution in [-0.4, -0.2) is 6.18 Å². The van der Waals surface area contributed by atoms with Crippen LogP contribution < -0.4 is 0 Å². The molecule has 0 heterocycles. The van der Waals surface area contributed by atoms with E-state index < -0.39 is 12.1 Å². The Morgan fingerprint density at radius 2 is 1.90 bits per heavy atom. The molecule has 0 aliphatic heterocycles. The number of halogens is 3. The van der Waals surface area contributed by atoms with Gasteiger partial charge in [0.1, 0.15) is 0 Å². The first-order valence-electron chi connectivity index (χ1n) is 7.15. The Kier molecular flexibility index (Phi) is 4.26. The Labute approximate surface area is 118 Å². The quantitative estimate of drug-likeness (QED) is 0.637. The number of allylic oxidation sites excluding steroid dienone is 2. The summed E-state index contributed by atoms with van der Waals surface area (Å²) in [5.41, 5.74) is 4.61. The van der Waals surface area contributed by atoms with Crippen LogP contribution in [0.2, 0.25) is 0 Å². The Hall–Kier alpha value is -1.25. The Balaban J connectivity index is 2.20. The Bertz CT molecular complexity index is 509. The minimum atomic E-state index is -4.06. The summed E-state index contributed by atoms with van der Waals surface area (Å²) in [5, 5.41) is 0. The molecule has 0 N–H and O–H groups in total. The molecule has 1 aromatic rings. The molecule has 0 spiro atoms. The van der Waals surface area contributed by atoms with Gasteiger partial charge in [0.2, 0.25) is 0 Å². The molecule has 1 aliphatic rings. The number of aryl methyl sites for hydroxylation is 1. The molecule has 0 fully saturated rings. The summed E-state index contributed by atoms with van der Waals surface area (Å²) in [4.78, 5) is 0. The number of hydrogen-bond donors (Lipinski definition) is 0. The highest BCUT2D eigenvalue weighted by atomic mass is 19.4. The summed E-state index contributed by atoms with van der Waals surface area (Å²) < 4.78 is 38.0. The normalized spacial score (nSPS) is 20.1. The molecule has 1 aliphatic carbocycles. The third-order valence-electron chi connectivity index (χ3n) is 4.14. The first-order valence-corrected chi connectivity index (χ1v) is 7.15. The van der Waals surface area contributed by atoms with E-state index >= 15 is 0 Å². The number of benzene rings is 1. The molecular formula is C17H21F3. The van der Waals surface area contributed by atoms with Crippen LogP contribution in [0.3, 0.4) is 0 Å². The first kappa shape index (κ1) is 15.1. The third kappa shape index (κ3) is 3.25. The van der Waals surface area contributed by atoms with Gasteiger partial charge < -0.3 is 0 Å². The summed E-state index contributed by atoms with van der Waals surface area (Å²) in [5.74, 6) is -0.695. The van der Waals surface area contributed by atoms with Gasteiger partial charge in [0.15, 0.2) is 0 Å². The highest BCUT2D eigenvalue weighted by Gasteiger charge is 2.39. The molecule has 0 amide bonds. The van der Waals surface area contributed by atoms with Gasteiger partial charge >= 0.3 is 6.18 Å². The smallest absolute Gasteiger partial charge is 0.171 e. The van der Waals surface area contributed by atoms with Crippen molar-refractivity contribution >= 4 is 5.57 Å². The zero-order chi connectivity index (χ0) is 14.9. The van der Waals surface area contributed by atoms with Crippen molar-refractivity contribution in [1.29, 1.82) is 0 Å². The number of rotatable bonds is 2. The summed E-state index contributed by atoms with van der Waals surface area (Å²) in [7, 11) is 0. The minimum Gasteiger partial charge on any atom is -0.171 e. The van der Waals surface area contributed by atoms with E-state index in [4.69, 9.17) is 0 Å². The molecule has 1 atom stereocenters. The fourth-order valence-electron chi connectivity index (χ4n) is 2.78. The van der Waals surface area contributed by atoms with Crippen LogP contribution in [0.15, 0.2) is 24.3 Å². The van der Waals surface area contributed by atoms with Crippen LogP contribution in [-0.2, 0) is 0 Å². The lowest BCUT2D eigenvalue weighted by Crippen LogP contribution is -2.24. The summed E-state index contributed by atoms with van der Waals surface area (Å²) in [6, 6.07) is 6.30. The topological polar surface area (TPSA) is 0 Å². The van der Waals surface area contributed by atoms with Gasteiger partial charge in [-0.05, 0) is 54.4 Å². The average molecular weight is 282 g/mol. The van der Waals surface area contributed by atoms with Crippen LogP contribution >= 0.6 is 0 Å². The maximum Gasteiger partial charge on any atom is 0.392 e. The largest absolute Gasteiger partial charge is 0.392 e. The molecule has 1 unspecified atom stereocenters. The molecule has 3 heteroatoms. The molecule has 0 radical (unpaired) electrons. The predicted octanol–water partition coefficient (Wildman–Crippen LogP) is 5.86. The van der Waals surface area contributed by atoms with Crippen molar-refractivity contribution in [3.63, 3.8) is 0 Å². The molecule has 0 nitrogen and oxygen atoms in total. The molecule has 2 rings (SSSR count). The summed E-state index contributed by atoms with van der Waals surface area (Å²) in [6.07, 6.45) is -1.44. The molecule has 0 bridgehead atoms. The van der Waals surface area contributed by atoms with Crippen LogP contribution in [0.1, 0.15) is 55.7 Å². The Morgan fingerprint density at radius 3 is 2.35 bits per heavy atom. The van der Waals surface area contributed by atoms with E-state index in [0.29, 0.717) is 12.3 Å². The maximum atomic E-state index is 12.7. The van der Waals surface area contributed by atoms with Crippen LogP contribution in [0.5, 0.6) is 0 Å². The van der Waals surface area contributed by atoms with E-state index in [1.807, 2.05) is 6.92 Å². The second-order valence-electron chi connectivity index (χ2n) is 5.97. The second kappa shape index (κ2) is 5.63. The molecular weight excluding hydrogens is 261 g/mol. The van der Waals surface area contributed by atoms with Gasteiger partial charge in [0, 0.05) is 0 Å². The van der Waals surface area contributed by atoms with Gasteiger partial charge in [-0.2, -0.15) is 13.2 Å². The highest BCUT2D eigenvalue weighted by Crippen LogP contribution is 2.40. The molecule has 20 heavy (non-hydrogen) atoms. The lowest BCUT2D eigenvalue weighted by Gasteiger charge is -2.25. The van der Waals surface area contributed by atoms with Gasteiger partial charge in [-0.1, -0.05) is 38.1 Å². The van der Waals surface area contributed by atoms with Crippen molar-refractivity contribution in [2.75, 3.05) is 0 Å². The van der Waals surface area contributed by atoms with Gasteiger partial charge in [0.05, 0.1) is 5.92 Å². The predicted molar refractivity (Wildman–Crippen MR) is 76.6 cm³/mol. The maximum absolute atomic E-state index is 12.7. The van der Waals surface area contributed by atoms with Gasteiger partial charge in [-0.25, -0.2) is 0 Å².